The van der Waals surface area contributed by atoms with Crippen LogP contribution in [-0.4, -0.2) is 38.4 Å². The van der Waals surface area contributed by atoms with Crippen LogP contribution in [0.15, 0.2) is 35.7 Å². The fourth-order valence-corrected chi connectivity index (χ4v) is 5.40. The highest BCUT2D eigenvalue weighted by atomic mass is 32.2. The van der Waals surface area contributed by atoms with Crippen molar-refractivity contribution in [3.05, 3.63) is 36.2 Å². The molecule has 0 bridgehead atoms. The Morgan fingerprint density at radius 3 is 2.60 bits per heavy atom. The van der Waals surface area contributed by atoms with E-state index in [2.05, 4.69) is 20.8 Å². The van der Waals surface area contributed by atoms with E-state index in [-0.39, 0.29) is 23.6 Å². The number of aryl methyl sites for hydroxylation is 1. The van der Waals surface area contributed by atoms with E-state index in [4.69, 9.17) is 0 Å². The van der Waals surface area contributed by atoms with E-state index in [1.54, 1.807) is 35.2 Å². The first-order valence-corrected chi connectivity index (χ1v) is 11.7. The van der Waals surface area contributed by atoms with Crippen LogP contribution < -0.4 is 10.6 Å². The van der Waals surface area contributed by atoms with Crippen LogP contribution in [0, 0.1) is 11.8 Å². The van der Waals surface area contributed by atoms with Crippen LogP contribution in [-0.2, 0) is 11.8 Å². The number of rotatable bonds is 6. The summed E-state index contributed by atoms with van der Waals surface area (Å²) in [5, 5.41) is 14.5. The molecule has 2 aliphatic rings. The second kappa shape index (κ2) is 9.64. The standard InChI is InChI=1S/C22H29N5O2S/c1-27-14-23-26-22(27)30-13-20(28)24-18-9-7-16(8-10-18)21(29)25-19-11-6-15-4-2-3-5-17(15)12-19/h7-10,14-15,17,19H,2-6,11-13H2,1H3,(H,24,28)(H,25,29). The molecule has 30 heavy (non-hydrogen) atoms. The van der Waals surface area contributed by atoms with Gasteiger partial charge in [-0.25, -0.2) is 0 Å². The lowest BCUT2D eigenvalue weighted by Gasteiger charge is -2.39. The lowest BCUT2D eigenvalue weighted by molar-refractivity contribution is -0.113. The van der Waals surface area contributed by atoms with E-state index in [1.165, 1.54) is 43.9 Å². The Kier molecular flexibility index (Phi) is 6.72. The molecule has 1 aromatic heterocycles. The Balaban J connectivity index is 1.25. The molecule has 0 aliphatic heterocycles. The average molecular weight is 428 g/mol. The van der Waals surface area contributed by atoms with Gasteiger partial charge in [0, 0.05) is 24.3 Å². The predicted octanol–water partition coefficient (Wildman–Crippen LogP) is 3.63. The number of carbonyl (C=O) groups is 2. The number of anilines is 1. The van der Waals surface area contributed by atoms with Gasteiger partial charge in [-0.15, -0.1) is 10.2 Å². The first-order chi connectivity index (χ1) is 14.6. The summed E-state index contributed by atoms with van der Waals surface area (Å²) in [6.07, 6.45) is 10.5. The fraction of sp³-hybridized carbons (Fsp3) is 0.545. The predicted molar refractivity (Wildman–Crippen MR) is 117 cm³/mol. The van der Waals surface area contributed by atoms with Crippen LogP contribution in [0.4, 0.5) is 5.69 Å². The van der Waals surface area contributed by atoms with Crippen LogP contribution in [0.25, 0.3) is 0 Å². The molecule has 3 atom stereocenters. The molecule has 8 heteroatoms. The Morgan fingerprint density at radius 1 is 1.10 bits per heavy atom. The third-order valence-electron chi connectivity index (χ3n) is 6.31. The summed E-state index contributed by atoms with van der Waals surface area (Å²) in [5.74, 6) is 1.77. The van der Waals surface area contributed by atoms with Gasteiger partial charge in [-0.2, -0.15) is 0 Å². The molecule has 2 aliphatic carbocycles. The van der Waals surface area contributed by atoms with Crippen molar-refractivity contribution in [1.82, 2.24) is 20.1 Å². The van der Waals surface area contributed by atoms with Gasteiger partial charge in [-0.3, -0.25) is 9.59 Å². The number of amides is 2. The van der Waals surface area contributed by atoms with Crippen molar-refractivity contribution >= 4 is 29.3 Å². The molecule has 2 aromatic rings. The van der Waals surface area contributed by atoms with Crippen molar-refractivity contribution in [1.29, 1.82) is 0 Å². The molecule has 0 radical (unpaired) electrons. The maximum Gasteiger partial charge on any atom is 0.251 e. The second-order valence-electron chi connectivity index (χ2n) is 8.43. The molecule has 1 heterocycles. The average Bonchev–Trinajstić information content (AvgIpc) is 3.17. The van der Waals surface area contributed by atoms with E-state index >= 15 is 0 Å². The minimum atomic E-state index is -0.121. The maximum atomic E-state index is 12.7. The zero-order valence-corrected chi connectivity index (χ0v) is 18.2. The SMILES string of the molecule is Cn1cnnc1SCC(=O)Nc1ccc(C(=O)NC2CCC3CCCCC3C2)cc1. The molecule has 2 amide bonds. The largest absolute Gasteiger partial charge is 0.349 e. The topological polar surface area (TPSA) is 88.9 Å². The minimum absolute atomic E-state index is 0.0232. The highest BCUT2D eigenvalue weighted by molar-refractivity contribution is 7.99. The zero-order chi connectivity index (χ0) is 20.9. The van der Waals surface area contributed by atoms with Crippen LogP contribution in [0.3, 0.4) is 0 Å². The lowest BCUT2D eigenvalue weighted by Crippen LogP contribution is -2.41. The summed E-state index contributed by atoms with van der Waals surface area (Å²) in [7, 11) is 1.84. The lowest BCUT2D eigenvalue weighted by atomic mass is 9.69. The van der Waals surface area contributed by atoms with E-state index in [0.29, 0.717) is 16.4 Å². The Hall–Kier alpha value is -2.35. The fourth-order valence-electron chi connectivity index (χ4n) is 4.71. The van der Waals surface area contributed by atoms with Crippen molar-refractivity contribution in [3.8, 4) is 0 Å². The normalized spacial score (nSPS) is 23.4. The molecule has 3 unspecified atom stereocenters. The Labute approximate surface area is 181 Å². The highest BCUT2D eigenvalue weighted by Crippen LogP contribution is 2.40. The van der Waals surface area contributed by atoms with E-state index in [0.717, 1.165) is 24.7 Å². The summed E-state index contributed by atoms with van der Waals surface area (Å²) in [6.45, 7) is 0. The van der Waals surface area contributed by atoms with Gasteiger partial charge in [0.25, 0.3) is 5.91 Å². The molecule has 1 aromatic carbocycles. The number of nitrogens with zero attached hydrogens (tertiary/aromatic N) is 3. The smallest absolute Gasteiger partial charge is 0.251 e. The molecule has 4 rings (SSSR count). The van der Waals surface area contributed by atoms with Gasteiger partial charge < -0.3 is 15.2 Å². The number of aromatic nitrogens is 3. The molecule has 160 valence electrons. The Morgan fingerprint density at radius 2 is 1.87 bits per heavy atom. The number of benzene rings is 1. The third kappa shape index (κ3) is 5.22. The van der Waals surface area contributed by atoms with Crippen LogP contribution >= 0.6 is 11.8 Å². The molecule has 0 spiro atoms. The maximum absolute atomic E-state index is 12.7. The molecular formula is C22H29N5O2S. The third-order valence-corrected chi connectivity index (χ3v) is 7.34. The Bertz CT molecular complexity index is 882. The van der Waals surface area contributed by atoms with E-state index < -0.39 is 0 Å². The first kappa shape index (κ1) is 20.9. The summed E-state index contributed by atoms with van der Waals surface area (Å²) in [5.41, 5.74) is 1.31. The number of nitrogens with one attached hydrogen (secondary N) is 2. The number of carbonyl (C=O) groups excluding carboxylic acids is 2. The van der Waals surface area contributed by atoms with Crippen molar-refractivity contribution in [2.24, 2.45) is 18.9 Å². The summed E-state index contributed by atoms with van der Waals surface area (Å²) >= 11 is 1.33. The van der Waals surface area contributed by atoms with Crippen molar-refractivity contribution in [2.75, 3.05) is 11.1 Å². The van der Waals surface area contributed by atoms with Gasteiger partial charge in [0.15, 0.2) is 5.16 Å². The monoisotopic (exact) mass is 427 g/mol. The number of thioether (sulfide) groups is 1. The molecule has 7 nitrogen and oxygen atoms in total. The van der Waals surface area contributed by atoms with Gasteiger partial charge in [0.2, 0.25) is 5.91 Å². The van der Waals surface area contributed by atoms with Gasteiger partial charge in [0.1, 0.15) is 6.33 Å². The highest BCUT2D eigenvalue weighted by Gasteiger charge is 2.32. The number of hydrogen-bond donors (Lipinski definition) is 2. The van der Waals surface area contributed by atoms with E-state index in [1.807, 2.05) is 7.05 Å². The molecule has 2 N–H and O–H groups in total. The van der Waals surface area contributed by atoms with Gasteiger partial charge in [-0.1, -0.05) is 37.4 Å². The van der Waals surface area contributed by atoms with Gasteiger partial charge >= 0.3 is 0 Å². The van der Waals surface area contributed by atoms with Gasteiger partial charge in [0.05, 0.1) is 5.75 Å². The molecule has 2 saturated carbocycles. The molecule has 2 fully saturated rings. The van der Waals surface area contributed by atoms with Crippen LogP contribution in [0.1, 0.15) is 55.3 Å². The summed E-state index contributed by atoms with van der Waals surface area (Å²) in [4.78, 5) is 24.8. The molecular weight excluding hydrogens is 398 g/mol. The first-order valence-electron chi connectivity index (χ1n) is 10.8. The molecule has 0 saturated heterocycles. The summed E-state index contributed by atoms with van der Waals surface area (Å²) < 4.78 is 1.77. The van der Waals surface area contributed by atoms with E-state index in [9.17, 15) is 9.59 Å². The summed E-state index contributed by atoms with van der Waals surface area (Å²) in [6, 6.07) is 7.38. The van der Waals surface area contributed by atoms with Crippen molar-refractivity contribution in [2.45, 2.75) is 56.1 Å². The van der Waals surface area contributed by atoms with Crippen LogP contribution in [0.2, 0.25) is 0 Å². The van der Waals surface area contributed by atoms with Crippen molar-refractivity contribution in [3.63, 3.8) is 0 Å². The number of hydrogen-bond acceptors (Lipinski definition) is 5. The van der Waals surface area contributed by atoms with Crippen LogP contribution in [0.5, 0.6) is 0 Å². The quantitative estimate of drug-likeness (QED) is 0.687. The van der Waals surface area contributed by atoms with Gasteiger partial charge in [-0.05, 0) is 55.4 Å². The second-order valence-corrected chi connectivity index (χ2v) is 9.37. The zero-order valence-electron chi connectivity index (χ0n) is 17.3. The minimum Gasteiger partial charge on any atom is -0.349 e. The number of fused-ring (bicyclic) bond motifs is 1. The van der Waals surface area contributed by atoms with Crippen molar-refractivity contribution < 1.29 is 9.59 Å².